The fourth-order valence-electron chi connectivity index (χ4n) is 1.25. The number of anilines is 1. The van der Waals surface area contributed by atoms with Crippen LogP contribution in [0.2, 0.25) is 0 Å². The number of ether oxygens (including phenoxy) is 1. The molecule has 2 N–H and O–H groups in total. The van der Waals surface area contributed by atoms with E-state index >= 15 is 0 Å². The van der Waals surface area contributed by atoms with Gasteiger partial charge in [-0.15, -0.1) is 0 Å². The number of aromatic nitrogens is 1. The molecule has 0 saturated heterocycles. The number of hydrogen-bond acceptors (Lipinski definition) is 3. The van der Waals surface area contributed by atoms with Gasteiger partial charge in [-0.1, -0.05) is 12.1 Å². The predicted octanol–water partition coefficient (Wildman–Crippen LogP) is 2.76. The molecule has 0 aliphatic carbocycles. The van der Waals surface area contributed by atoms with Gasteiger partial charge in [0, 0.05) is 12.3 Å². The number of nitrogens with two attached hydrogens (primary N) is 1. The molecule has 0 saturated carbocycles. The van der Waals surface area contributed by atoms with E-state index in [9.17, 15) is 0 Å². The summed E-state index contributed by atoms with van der Waals surface area (Å²) in [5.41, 5.74) is 7.51. The van der Waals surface area contributed by atoms with E-state index in [-0.39, 0.29) is 0 Å². The lowest BCUT2D eigenvalue weighted by Crippen LogP contribution is -1.93. The van der Waals surface area contributed by atoms with Gasteiger partial charge in [-0.3, -0.25) is 0 Å². The highest BCUT2D eigenvalue weighted by molar-refractivity contribution is 5.54. The molecule has 1 aromatic heterocycles. The van der Waals surface area contributed by atoms with Crippen LogP contribution < -0.4 is 10.5 Å². The molecular weight excluding hydrogens is 188 g/mol. The first-order chi connectivity index (χ1) is 7.25. The minimum Gasteiger partial charge on any atom is -0.437 e. The third-order valence-corrected chi connectivity index (χ3v) is 2.02. The van der Waals surface area contributed by atoms with Crippen LogP contribution in [0.3, 0.4) is 0 Å². The first-order valence-electron chi connectivity index (χ1n) is 4.71. The maximum absolute atomic E-state index is 5.78. The first-order valence-corrected chi connectivity index (χ1v) is 4.71. The van der Waals surface area contributed by atoms with Gasteiger partial charge in [0.15, 0.2) is 5.75 Å². The van der Waals surface area contributed by atoms with E-state index in [1.165, 1.54) is 0 Å². The smallest absolute Gasteiger partial charge is 0.219 e. The summed E-state index contributed by atoms with van der Waals surface area (Å²) in [6.45, 7) is 1.99. The largest absolute Gasteiger partial charge is 0.437 e. The highest BCUT2D eigenvalue weighted by atomic mass is 16.5. The van der Waals surface area contributed by atoms with Crippen molar-refractivity contribution in [1.29, 1.82) is 0 Å². The van der Waals surface area contributed by atoms with E-state index in [2.05, 4.69) is 4.98 Å². The van der Waals surface area contributed by atoms with Crippen LogP contribution in [0.4, 0.5) is 5.69 Å². The van der Waals surface area contributed by atoms with Crippen LogP contribution in [-0.4, -0.2) is 4.98 Å². The molecule has 0 radical (unpaired) electrons. The standard InChI is InChI=1S/C12H12N2O/c1-9-5-6-10(13)11(8-9)15-12-4-2-3-7-14-12/h2-8H,13H2,1H3. The van der Waals surface area contributed by atoms with E-state index in [0.29, 0.717) is 17.3 Å². The van der Waals surface area contributed by atoms with Crippen LogP contribution >= 0.6 is 0 Å². The Labute approximate surface area is 88.5 Å². The lowest BCUT2D eigenvalue weighted by Gasteiger charge is -2.07. The molecule has 0 bridgehead atoms. The lowest BCUT2D eigenvalue weighted by atomic mass is 10.2. The monoisotopic (exact) mass is 200 g/mol. The minimum absolute atomic E-state index is 0.551. The zero-order valence-electron chi connectivity index (χ0n) is 8.47. The van der Waals surface area contributed by atoms with Gasteiger partial charge < -0.3 is 10.5 Å². The molecule has 76 valence electrons. The summed E-state index contributed by atoms with van der Waals surface area (Å²) in [5, 5.41) is 0. The average Bonchev–Trinajstić information content (AvgIpc) is 2.25. The molecule has 0 amide bonds. The normalized spacial score (nSPS) is 9.93. The van der Waals surface area contributed by atoms with Crippen LogP contribution in [0, 0.1) is 6.92 Å². The van der Waals surface area contributed by atoms with E-state index < -0.39 is 0 Å². The minimum atomic E-state index is 0.551. The van der Waals surface area contributed by atoms with Gasteiger partial charge >= 0.3 is 0 Å². The maximum atomic E-state index is 5.78. The molecule has 0 unspecified atom stereocenters. The molecule has 15 heavy (non-hydrogen) atoms. The molecule has 2 aromatic rings. The Bertz CT molecular complexity index is 454. The van der Waals surface area contributed by atoms with Gasteiger partial charge in [0.05, 0.1) is 5.69 Å². The molecule has 0 spiro atoms. The number of rotatable bonds is 2. The Morgan fingerprint density at radius 2 is 2.07 bits per heavy atom. The zero-order chi connectivity index (χ0) is 10.7. The summed E-state index contributed by atoms with van der Waals surface area (Å²) in [7, 11) is 0. The summed E-state index contributed by atoms with van der Waals surface area (Å²) >= 11 is 0. The van der Waals surface area contributed by atoms with Crippen molar-refractivity contribution in [1.82, 2.24) is 4.98 Å². The van der Waals surface area contributed by atoms with Crippen molar-refractivity contribution in [3.05, 3.63) is 48.2 Å². The quantitative estimate of drug-likeness (QED) is 0.758. The Morgan fingerprint density at radius 3 is 2.80 bits per heavy atom. The molecule has 1 aromatic carbocycles. The SMILES string of the molecule is Cc1ccc(N)c(Oc2ccccn2)c1. The summed E-state index contributed by atoms with van der Waals surface area (Å²) < 4.78 is 5.55. The summed E-state index contributed by atoms with van der Waals surface area (Å²) in [6, 6.07) is 11.2. The highest BCUT2D eigenvalue weighted by Gasteiger charge is 2.02. The summed E-state index contributed by atoms with van der Waals surface area (Å²) in [4.78, 5) is 4.07. The van der Waals surface area contributed by atoms with Crippen molar-refractivity contribution >= 4 is 5.69 Å². The molecule has 0 atom stereocenters. The van der Waals surface area contributed by atoms with Gasteiger partial charge in [-0.25, -0.2) is 4.98 Å². The second-order valence-electron chi connectivity index (χ2n) is 3.31. The van der Waals surface area contributed by atoms with Crippen molar-refractivity contribution in [3.8, 4) is 11.6 Å². The average molecular weight is 200 g/mol. The number of nitrogen functional groups attached to an aromatic ring is 1. The molecule has 0 aliphatic rings. The van der Waals surface area contributed by atoms with Gasteiger partial charge in [0.25, 0.3) is 0 Å². The highest BCUT2D eigenvalue weighted by Crippen LogP contribution is 2.26. The topological polar surface area (TPSA) is 48.1 Å². The van der Waals surface area contributed by atoms with Crippen molar-refractivity contribution in [2.24, 2.45) is 0 Å². The third-order valence-electron chi connectivity index (χ3n) is 2.02. The van der Waals surface area contributed by atoms with E-state index in [1.54, 1.807) is 12.3 Å². The van der Waals surface area contributed by atoms with Crippen molar-refractivity contribution < 1.29 is 4.74 Å². The van der Waals surface area contributed by atoms with Crippen LogP contribution in [-0.2, 0) is 0 Å². The van der Waals surface area contributed by atoms with Gasteiger partial charge in [0.2, 0.25) is 5.88 Å². The maximum Gasteiger partial charge on any atom is 0.219 e. The van der Waals surface area contributed by atoms with Crippen molar-refractivity contribution in [2.45, 2.75) is 6.92 Å². The van der Waals surface area contributed by atoms with Crippen LogP contribution in [0.1, 0.15) is 5.56 Å². The molecule has 2 rings (SSSR count). The van der Waals surface area contributed by atoms with Crippen molar-refractivity contribution in [3.63, 3.8) is 0 Å². The molecule has 0 fully saturated rings. The second-order valence-corrected chi connectivity index (χ2v) is 3.31. The van der Waals surface area contributed by atoms with E-state index in [4.69, 9.17) is 10.5 Å². The Hall–Kier alpha value is -2.03. The van der Waals surface area contributed by atoms with Crippen LogP contribution in [0.5, 0.6) is 11.6 Å². The van der Waals surface area contributed by atoms with E-state index in [1.807, 2.05) is 37.3 Å². The third kappa shape index (κ3) is 2.26. The van der Waals surface area contributed by atoms with Gasteiger partial charge in [0.1, 0.15) is 0 Å². The summed E-state index contributed by atoms with van der Waals surface area (Å²) in [5.74, 6) is 1.20. The molecule has 1 heterocycles. The summed E-state index contributed by atoms with van der Waals surface area (Å²) in [6.07, 6.45) is 1.68. The number of aryl methyl sites for hydroxylation is 1. The van der Waals surface area contributed by atoms with Crippen LogP contribution in [0.15, 0.2) is 42.6 Å². The Balaban J connectivity index is 2.28. The number of pyridine rings is 1. The lowest BCUT2D eigenvalue weighted by molar-refractivity contribution is 0.465. The number of hydrogen-bond donors (Lipinski definition) is 1. The second kappa shape index (κ2) is 4.00. The Kier molecular flexibility index (Phi) is 2.54. The molecule has 3 nitrogen and oxygen atoms in total. The predicted molar refractivity (Wildman–Crippen MR) is 59.9 cm³/mol. The zero-order valence-corrected chi connectivity index (χ0v) is 8.47. The first kappa shape index (κ1) is 9.52. The molecule has 3 heteroatoms. The number of nitrogens with zero attached hydrogens (tertiary/aromatic N) is 1. The van der Waals surface area contributed by atoms with Crippen LogP contribution in [0.25, 0.3) is 0 Å². The van der Waals surface area contributed by atoms with Gasteiger partial charge in [-0.05, 0) is 30.7 Å². The Morgan fingerprint density at radius 1 is 1.20 bits per heavy atom. The molecular formula is C12H12N2O. The fraction of sp³-hybridized carbons (Fsp3) is 0.0833. The molecule has 0 aliphatic heterocycles. The fourth-order valence-corrected chi connectivity index (χ4v) is 1.25. The number of benzene rings is 1. The van der Waals surface area contributed by atoms with Crippen molar-refractivity contribution in [2.75, 3.05) is 5.73 Å². The van der Waals surface area contributed by atoms with Gasteiger partial charge in [-0.2, -0.15) is 0 Å². The van der Waals surface area contributed by atoms with E-state index in [0.717, 1.165) is 5.56 Å².